The average Bonchev–Trinajstić information content (AvgIpc) is 2.60. The molecule has 1 unspecified atom stereocenters. The minimum atomic E-state index is -1.34. The molecule has 25 heavy (non-hydrogen) atoms. The second-order valence-corrected chi connectivity index (χ2v) is 6.13. The van der Waals surface area contributed by atoms with Crippen molar-refractivity contribution in [3.05, 3.63) is 48.0 Å². The molecule has 0 heterocycles. The second-order valence-electron chi connectivity index (χ2n) is 6.13. The highest BCUT2D eigenvalue weighted by Gasteiger charge is 2.32. The summed E-state index contributed by atoms with van der Waals surface area (Å²) in [5, 5.41) is 16.2. The van der Waals surface area contributed by atoms with Crippen LogP contribution in [-0.4, -0.2) is 35.0 Å². The van der Waals surface area contributed by atoms with Crippen molar-refractivity contribution in [2.45, 2.75) is 32.2 Å². The van der Waals surface area contributed by atoms with Crippen LogP contribution in [0.1, 0.15) is 25.8 Å². The van der Waals surface area contributed by atoms with Gasteiger partial charge >= 0.3 is 5.97 Å². The van der Waals surface area contributed by atoms with Gasteiger partial charge in [0.15, 0.2) is 0 Å². The van der Waals surface area contributed by atoms with Gasteiger partial charge in [-0.1, -0.05) is 49.4 Å². The minimum absolute atomic E-state index is 0.151. The number of fused-ring (bicyclic) bond motifs is 1. The maximum atomic E-state index is 12.1. The summed E-state index contributed by atoms with van der Waals surface area (Å²) in [6.45, 7) is 2.85. The van der Waals surface area contributed by atoms with Crippen LogP contribution in [0.5, 0.6) is 0 Å². The van der Waals surface area contributed by atoms with E-state index in [9.17, 15) is 14.4 Å². The Morgan fingerprint density at radius 1 is 1.04 bits per heavy atom. The molecule has 0 fully saturated rings. The summed E-state index contributed by atoms with van der Waals surface area (Å²) in [5.74, 6) is -1.93. The highest BCUT2D eigenvalue weighted by atomic mass is 16.4. The van der Waals surface area contributed by atoms with Crippen molar-refractivity contribution in [2.24, 2.45) is 0 Å². The molecule has 3 N–H and O–H groups in total. The van der Waals surface area contributed by atoms with Crippen molar-refractivity contribution < 1.29 is 19.5 Å². The predicted molar refractivity (Wildman–Crippen MR) is 95.1 cm³/mol. The van der Waals surface area contributed by atoms with Crippen LogP contribution in [-0.2, 0) is 20.8 Å². The molecule has 132 valence electrons. The lowest BCUT2D eigenvalue weighted by Gasteiger charge is -2.24. The lowest BCUT2D eigenvalue weighted by Crippen LogP contribution is -2.54. The fourth-order valence-electron chi connectivity index (χ4n) is 2.51. The monoisotopic (exact) mass is 342 g/mol. The van der Waals surface area contributed by atoms with Gasteiger partial charge in [-0.05, 0) is 29.7 Å². The number of carbonyl (C=O) groups excluding carboxylic acids is 2. The topological polar surface area (TPSA) is 95.5 Å². The van der Waals surface area contributed by atoms with Gasteiger partial charge in [0.1, 0.15) is 5.54 Å². The molecule has 2 aromatic carbocycles. The van der Waals surface area contributed by atoms with Gasteiger partial charge in [-0.3, -0.25) is 9.59 Å². The number of hydrogen-bond donors (Lipinski definition) is 3. The van der Waals surface area contributed by atoms with Crippen LogP contribution in [0.25, 0.3) is 10.8 Å². The summed E-state index contributed by atoms with van der Waals surface area (Å²) in [6.07, 6.45) is 0.399. The number of carbonyl (C=O) groups is 3. The van der Waals surface area contributed by atoms with Gasteiger partial charge in [0.2, 0.25) is 11.8 Å². The predicted octanol–water partition coefficient (Wildman–Crippen LogP) is 1.87. The fraction of sp³-hybridized carbons (Fsp3) is 0.316. The zero-order valence-corrected chi connectivity index (χ0v) is 14.3. The summed E-state index contributed by atoms with van der Waals surface area (Å²) >= 11 is 0. The van der Waals surface area contributed by atoms with Crippen LogP contribution < -0.4 is 10.6 Å². The first-order chi connectivity index (χ1) is 11.9. The third-order valence-electron chi connectivity index (χ3n) is 4.27. The molecule has 0 aliphatic carbocycles. The van der Waals surface area contributed by atoms with Crippen LogP contribution >= 0.6 is 0 Å². The third-order valence-corrected chi connectivity index (χ3v) is 4.27. The lowest BCUT2D eigenvalue weighted by molar-refractivity contribution is -0.146. The van der Waals surface area contributed by atoms with E-state index in [-0.39, 0.29) is 25.3 Å². The number of rotatable bonds is 7. The standard InChI is InChI=1S/C19H22N2O4/c1-3-19(2,18(24)25)21-17(23)12-20-16(22)11-14-9-6-8-13-7-4-5-10-15(13)14/h4-10H,3,11-12H2,1-2H3,(H,20,22)(H,21,23)(H,24,25). The van der Waals surface area contributed by atoms with Gasteiger partial charge in [0, 0.05) is 0 Å². The Morgan fingerprint density at radius 3 is 2.40 bits per heavy atom. The van der Waals surface area contributed by atoms with Crippen molar-refractivity contribution in [1.82, 2.24) is 10.6 Å². The van der Waals surface area contributed by atoms with E-state index in [4.69, 9.17) is 5.11 Å². The summed E-state index contributed by atoms with van der Waals surface area (Å²) in [5.41, 5.74) is -0.461. The first-order valence-electron chi connectivity index (χ1n) is 8.13. The van der Waals surface area contributed by atoms with Gasteiger partial charge in [-0.2, -0.15) is 0 Å². The normalized spacial score (nSPS) is 13.0. The fourth-order valence-corrected chi connectivity index (χ4v) is 2.51. The maximum absolute atomic E-state index is 12.1. The Hall–Kier alpha value is -2.89. The van der Waals surface area contributed by atoms with Crippen molar-refractivity contribution in [3.8, 4) is 0 Å². The molecule has 0 spiro atoms. The molecule has 0 radical (unpaired) electrons. The molecule has 0 aliphatic heterocycles. The minimum Gasteiger partial charge on any atom is -0.480 e. The van der Waals surface area contributed by atoms with Gasteiger partial charge in [0.05, 0.1) is 13.0 Å². The van der Waals surface area contributed by atoms with E-state index in [2.05, 4.69) is 10.6 Å². The number of hydrogen-bond acceptors (Lipinski definition) is 3. The molecule has 2 rings (SSSR count). The van der Waals surface area contributed by atoms with E-state index < -0.39 is 17.4 Å². The summed E-state index contributed by atoms with van der Waals surface area (Å²) in [4.78, 5) is 35.2. The van der Waals surface area contributed by atoms with E-state index in [0.717, 1.165) is 16.3 Å². The molecule has 1 atom stereocenters. The van der Waals surface area contributed by atoms with Crippen LogP contribution in [0.3, 0.4) is 0 Å². The molecule has 2 amide bonds. The van der Waals surface area contributed by atoms with E-state index in [1.165, 1.54) is 6.92 Å². The van der Waals surface area contributed by atoms with E-state index >= 15 is 0 Å². The van der Waals surface area contributed by atoms with E-state index in [1.54, 1.807) is 6.92 Å². The molecule has 0 aliphatic rings. The molecule has 0 saturated heterocycles. The van der Waals surface area contributed by atoms with Crippen molar-refractivity contribution in [3.63, 3.8) is 0 Å². The van der Waals surface area contributed by atoms with Crippen LogP contribution in [0, 0.1) is 0 Å². The number of aliphatic carboxylic acids is 1. The number of benzene rings is 2. The Kier molecular flexibility index (Phi) is 5.75. The van der Waals surface area contributed by atoms with E-state index in [0.29, 0.717) is 0 Å². The first kappa shape index (κ1) is 18.4. The average molecular weight is 342 g/mol. The summed E-state index contributed by atoms with van der Waals surface area (Å²) in [6, 6.07) is 13.5. The van der Waals surface area contributed by atoms with Gasteiger partial charge in [-0.25, -0.2) is 4.79 Å². The highest BCUT2D eigenvalue weighted by Crippen LogP contribution is 2.18. The van der Waals surface area contributed by atoms with E-state index in [1.807, 2.05) is 42.5 Å². The molecule has 2 aromatic rings. The quantitative estimate of drug-likeness (QED) is 0.716. The number of carboxylic acid groups (broad SMARTS) is 1. The Labute approximate surface area is 146 Å². The Morgan fingerprint density at radius 2 is 1.72 bits per heavy atom. The molecule has 0 saturated carbocycles. The second kappa shape index (κ2) is 7.79. The highest BCUT2D eigenvalue weighted by molar-refractivity contribution is 5.92. The SMILES string of the molecule is CCC(C)(NC(=O)CNC(=O)Cc1cccc2ccccc12)C(=O)O. The van der Waals surface area contributed by atoms with Gasteiger partial charge < -0.3 is 15.7 Å². The first-order valence-corrected chi connectivity index (χ1v) is 8.13. The molecular weight excluding hydrogens is 320 g/mol. The molecule has 6 heteroatoms. The van der Waals surface area contributed by atoms with Crippen LogP contribution in [0.15, 0.2) is 42.5 Å². The smallest absolute Gasteiger partial charge is 0.329 e. The molecule has 6 nitrogen and oxygen atoms in total. The van der Waals surface area contributed by atoms with Gasteiger partial charge in [0.25, 0.3) is 0 Å². The van der Waals surface area contributed by atoms with Gasteiger partial charge in [-0.15, -0.1) is 0 Å². The third kappa shape index (κ3) is 4.56. The largest absolute Gasteiger partial charge is 0.480 e. The van der Waals surface area contributed by atoms with Crippen LogP contribution in [0.2, 0.25) is 0 Å². The maximum Gasteiger partial charge on any atom is 0.329 e. The summed E-state index contributed by atoms with van der Waals surface area (Å²) in [7, 11) is 0. The van der Waals surface area contributed by atoms with Crippen molar-refractivity contribution in [2.75, 3.05) is 6.54 Å². The zero-order chi connectivity index (χ0) is 18.4. The van der Waals surface area contributed by atoms with Crippen molar-refractivity contribution in [1.29, 1.82) is 0 Å². The van der Waals surface area contributed by atoms with Crippen molar-refractivity contribution >= 4 is 28.6 Å². The number of nitrogens with one attached hydrogen (secondary N) is 2. The molecule has 0 bridgehead atoms. The lowest BCUT2D eigenvalue weighted by atomic mass is 9.99. The Bertz CT molecular complexity index is 798. The van der Waals surface area contributed by atoms with Crippen LogP contribution in [0.4, 0.5) is 0 Å². The number of carboxylic acids is 1. The molecular formula is C19H22N2O4. The molecule has 0 aromatic heterocycles. The Balaban J connectivity index is 1.94. The summed E-state index contributed by atoms with van der Waals surface area (Å²) < 4.78 is 0. The zero-order valence-electron chi connectivity index (χ0n) is 14.3. The number of amides is 2.